The van der Waals surface area contributed by atoms with Crippen LogP contribution in [0.1, 0.15) is 35.3 Å². The van der Waals surface area contributed by atoms with Gasteiger partial charge in [0.05, 0.1) is 13.2 Å². The van der Waals surface area contributed by atoms with Gasteiger partial charge < -0.3 is 14.0 Å². The van der Waals surface area contributed by atoms with Crippen molar-refractivity contribution in [3.05, 3.63) is 23.5 Å². The van der Waals surface area contributed by atoms with E-state index in [1.807, 2.05) is 12.3 Å². The molecule has 0 spiro atoms. The first-order valence-electron chi connectivity index (χ1n) is 6.61. The average Bonchev–Trinajstić information content (AvgIpc) is 2.79. The van der Waals surface area contributed by atoms with Crippen molar-refractivity contribution in [2.24, 2.45) is 0 Å². The van der Waals surface area contributed by atoms with Crippen molar-refractivity contribution in [3.63, 3.8) is 0 Å². The SMILES string of the molecule is COCCOCCCn1ccc2c1CCCC2=O. The molecule has 0 amide bonds. The van der Waals surface area contributed by atoms with Crippen LogP contribution in [-0.2, 0) is 22.4 Å². The molecule has 1 aliphatic carbocycles. The molecule has 2 rings (SSSR count). The smallest absolute Gasteiger partial charge is 0.164 e. The Balaban J connectivity index is 1.78. The first kappa shape index (κ1) is 13.3. The van der Waals surface area contributed by atoms with Crippen LogP contribution in [0.5, 0.6) is 0 Å². The molecule has 4 nitrogen and oxygen atoms in total. The van der Waals surface area contributed by atoms with E-state index in [4.69, 9.17) is 9.47 Å². The number of hydrogen-bond acceptors (Lipinski definition) is 3. The molecule has 4 heteroatoms. The fourth-order valence-electron chi connectivity index (χ4n) is 2.38. The number of Topliss-reactive ketones (excluding diaryl/α,β-unsaturated/α-hetero) is 1. The second-order valence-corrected chi connectivity index (χ2v) is 4.60. The predicted octanol–water partition coefficient (Wildman–Crippen LogP) is 2.06. The molecule has 0 atom stereocenters. The number of nitrogens with zero attached hydrogens (tertiary/aromatic N) is 1. The molecular formula is C14H21NO3. The van der Waals surface area contributed by atoms with E-state index < -0.39 is 0 Å². The molecule has 0 aromatic carbocycles. The van der Waals surface area contributed by atoms with Crippen molar-refractivity contribution in [1.29, 1.82) is 0 Å². The number of aryl methyl sites for hydroxylation is 1. The topological polar surface area (TPSA) is 40.5 Å². The Morgan fingerprint density at radius 1 is 1.28 bits per heavy atom. The van der Waals surface area contributed by atoms with Crippen molar-refractivity contribution in [2.45, 2.75) is 32.2 Å². The Kier molecular flexibility index (Phi) is 4.96. The third kappa shape index (κ3) is 3.21. The molecule has 0 N–H and O–H groups in total. The highest BCUT2D eigenvalue weighted by Crippen LogP contribution is 2.22. The normalized spacial score (nSPS) is 14.8. The van der Waals surface area contributed by atoms with E-state index in [2.05, 4.69) is 4.57 Å². The number of carbonyl (C=O) groups is 1. The molecule has 18 heavy (non-hydrogen) atoms. The number of hydrogen-bond donors (Lipinski definition) is 0. The molecule has 0 radical (unpaired) electrons. The van der Waals surface area contributed by atoms with Crippen molar-refractivity contribution in [1.82, 2.24) is 4.57 Å². The van der Waals surface area contributed by atoms with Gasteiger partial charge in [0.2, 0.25) is 0 Å². The Morgan fingerprint density at radius 3 is 3.00 bits per heavy atom. The Bertz CT molecular complexity index is 398. The Labute approximate surface area is 108 Å². The lowest BCUT2D eigenvalue weighted by molar-refractivity contribution is 0.0679. The highest BCUT2D eigenvalue weighted by molar-refractivity contribution is 5.98. The summed E-state index contributed by atoms with van der Waals surface area (Å²) in [6, 6.07) is 1.96. The Hall–Kier alpha value is -1.13. The van der Waals surface area contributed by atoms with E-state index in [0.29, 0.717) is 25.4 Å². The molecule has 0 unspecified atom stereocenters. The van der Waals surface area contributed by atoms with E-state index in [0.717, 1.165) is 38.0 Å². The summed E-state index contributed by atoms with van der Waals surface area (Å²) >= 11 is 0. The molecule has 1 aromatic heterocycles. The number of carbonyl (C=O) groups excluding carboxylic acids is 1. The zero-order valence-electron chi connectivity index (χ0n) is 11.0. The molecule has 0 saturated carbocycles. The predicted molar refractivity (Wildman–Crippen MR) is 69.0 cm³/mol. The number of methoxy groups -OCH3 is 1. The van der Waals surface area contributed by atoms with Gasteiger partial charge in [0.25, 0.3) is 0 Å². The Morgan fingerprint density at radius 2 is 2.17 bits per heavy atom. The average molecular weight is 251 g/mol. The highest BCUT2D eigenvalue weighted by atomic mass is 16.5. The zero-order chi connectivity index (χ0) is 12.8. The van der Waals surface area contributed by atoms with E-state index in [1.165, 1.54) is 5.69 Å². The minimum absolute atomic E-state index is 0.298. The highest BCUT2D eigenvalue weighted by Gasteiger charge is 2.19. The molecule has 1 heterocycles. The zero-order valence-corrected chi connectivity index (χ0v) is 11.0. The first-order chi connectivity index (χ1) is 8.83. The fourth-order valence-corrected chi connectivity index (χ4v) is 2.38. The maximum Gasteiger partial charge on any atom is 0.164 e. The summed E-state index contributed by atoms with van der Waals surface area (Å²) in [7, 11) is 1.67. The van der Waals surface area contributed by atoms with E-state index in [1.54, 1.807) is 7.11 Å². The van der Waals surface area contributed by atoms with Crippen molar-refractivity contribution in [3.8, 4) is 0 Å². The summed E-state index contributed by atoms with van der Waals surface area (Å²) in [6.45, 7) is 2.96. The summed E-state index contributed by atoms with van der Waals surface area (Å²) in [4.78, 5) is 11.7. The van der Waals surface area contributed by atoms with E-state index in [9.17, 15) is 4.79 Å². The van der Waals surface area contributed by atoms with Crippen molar-refractivity contribution >= 4 is 5.78 Å². The van der Waals surface area contributed by atoms with Crippen LogP contribution in [0.25, 0.3) is 0 Å². The lowest BCUT2D eigenvalue weighted by Crippen LogP contribution is -2.14. The lowest BCUT2D eigenvalue weighted by atomic mass is 9.97. The van der Waals surface area contributed by atoms with Crippen molar-refractivity contribution < 1.29 is 14.3 Å². The first-order valence-corrected chi connectivity index (χ1v) is 6.61. The minimum Gasteiger partial charge on any atom is -0.382 e. The van der Waals surface area contributed by atoms with Gasteiger partial charge in [0.15, 0.2) is 5.78 Å². The van der Waals surface area contributed by atoms with Gasteiger partial charge in [-0.2, -0.15) is 0 Å². The molecule has 0 aliphatic heterocycles. The van der Waals surface area contributed by atoms with Gasteiger partial charge in [0, 0.05) is 44.1 Å². The van der Waals surface area contributed by atoms with Crippen LogP contribution in [-0.4, -0.2) is 37.3 Å². The van der Waals surface area contributed by atoms with Gasteiger partial charge in [-0.15, -0.1) is 0 Å². The maximum absolute atomic E-state index is 11.7. The van der Waals surface area contributed by atoms with Crippen LogP contribution in [0.3, 0.4) is 0 Å². The van der Waals surface area contributed by atoms with Crippen LogP contribution < -0.4 is 0 Å². The van der Waals surface area contributed by atoms with Gasteiger partial charge in [0.1, 0.15) is 0 Å². The largest absolute Gasteiger partial charge is 0.382 e. The molecule has 0 fully saturated rings. The summed E-state index contributed by atoms with van der Waals surface area (Å²) in [5.74, 6) is 0.298. The monoisotopic (exact) mass is 251 g/mol. The number of aromatic nitrogens is 1. The third-order valence-corrected chi connectivity index (χ3v) is 3.32. The number of rotatable bonds is 7. The molecule has 0 saturated heterocycles. The van der Waals surface area contributed by atoms with Crippen LogP contribution in [0.2, 0.25) is 0 Å². The summed E-state index contributed by atoms with van der Waals surface area (Å²) in [5.41, 5.74) is 2.14. The van der Waals surface area contributed by atoms with Crippen LogP contribution >= 0.6 is 0 Å². The van der Waals surface area contributed by atoms with Gasteiger partial charge in [-0.3, -0.25) is 4.79 Å². The standard InChI is InChI=1S/C14H21NO3/c1-17-10-11-18-9-3-7-15-8-6-12-13(15)4-2-5-14(12)16/h6,8H,2-5,7,9-11H2,1H3. The minimum atomic E-state index is 0.298. The third-order valence-electron chi connectivity index (χ3n) is 3.32. The lowest BCUT2D eigenvalue weighted by Gasteiger charge is -2.14. The van der Waals surface area contributed by atoms with Gasteiger partial charge in [-0.1, -0.05) is 0 Å². The molecule has 0 bridgehead atoms. The fraction of sp³-hybridized carbons (Fsp3) is 0.643. The summed E-state index contributed by atoms with van der Waals surface area (Å²) < 4.78 is 12.5. The number of fused-ring (bicyclic) bond motifs is 1. The molecule has 100 valence electrons. The number of ketones is 1. The van der Waals surface area contributed by atoms with Crippen molar-refractivity contribution in [2.75, 3.05) is 26.9 Å². The van der Waals surface area contributed by atoms with Crippen LogP contribution in [0, 0.1) is 0 Å². The molecular weight excluding hydrogens is 230 g/mol. The molecule has 1 aliphatic rings. The van der Waals surface area contributed by atoms with E-state index >= 15 is 0 Å². The second-order valence-electron chi connectivity index (χ2n) is 4.60. The van der Waals surface area contributed by atoms with Gasteiger partial charge in [-0.25, -0.2) is 0 Å². The van der Waals surface area contributed by atoms with Crippen LogP contribution in [0.4, 0.5) is 0 Å². The quantitative estimate of drug-likeness (QED) is 0.696. The second kappa shape index (κ2) is 6.71. The maximum atomic E-state index is 11.7. The number of ether oxygens (including phenoxy) is 2. The van der Waals surface area contributed by atoms with Gasteiger partial charge >= 0.3 is 0 Å². The van der Waals surface area contributed by atoms with Gasteiger partial charge in [-0.05, 0) is 25.3 Å². The van der Waals surface area contributed by atoms with E-state index in [-0.39, 0.29) is 0 Å². The van der Waals surface area contributed by atoms with Crippen LogP contribution in [0.15, 0.2) is 12.3 Å². The molecule has 1 aromatic rings. The summed E-state index contributed by atoms with van der Waals surface area (Å²) in [5, 5.41) is 0. The summed E-state index contributed by atoms with van der Waals surface area (Å²) in [6.07, 6.45) is 5.72.